The van der Waals surface area contributed by atoms with Gasteiger partial charge in [0.2, 0.25) is 0 Å². The van der Waals surface area contributed by atoms with Crippen LogP contribution in [0, 0.1) is 0 Å². The van der Waals surface area contributed by atoms with Gasteiger partial charge >= 0.3 is 6.15 Å². The van der Waals surface area contributed by atoms with Gasteiger partial charge in [-0.15, -0.1) is 0 Å². The molecule has 0 rings (SSSR count). The summed E-state index contributed by atoms with van der Waals surface area (Å²) in [6.07, 6.45) is 0.250. The molecular weight excluding hydrogens is 104 g/mol. The minimum absolute atomic E-state index is 0. The van der Waals surface area contributed by atoms with E-state index < -0.39 is 0 Å². The van der Waals surface area contributed by atoms with Crippen molar-refractivity contribution in [2.75, 3.05) is 0 Å². The lowest BCUT2D eigenvalue weighted by Gasteiger charge is -0.945. The zero-order chi connectivity index (χ0) is 4.71. The van der Waals surface area contributed by atoms with Crippen molar-refractivity contribution in [2.24, 2.45) is 0 Å². The van der Waals surface area contributed by atoms with Crippen LogP contribution < -0.4 is 0 Å². The summed E-state index contributed by atoms with van der Waals surface area (Å²) in [5, 5.41) is 0. The molecule has 0 heterocycles. The molecule has 0 atom stereocenters. The summed E-state index contributed by atoms with van der Waals surface area (Å²) in [6, 6.07) is 0. The number of carbonyl (C=O) groups excluding carboxylic acids is 3. The molecule has 0 amide bonds. The van der Waals surface area contributed by atoms with Crippen LogP contribution in [0.25, 0.3) is 0 Å². The lowest BCUT2D eigenvalue weighted by molar-refractivity contribution is -0.191. The van der Waals surface area contributed by atoms with E-state index in [-0.39, 0.29) is 19.6 Å². The van der Waals surface area contributed by atoms with Gasteiger partial charge in [-0.3, -0.25) is 0 Å². The highest BCUT2D eigenvalue weighted by Gasteiger charge is 1.13. The van der Waals surface area contributed by atoms with Crippen molar-refractivity contribution in [3.63, 3.8) is 0 Å². The summed E-state index contributed by atoms with van der Waals surface area (Å²) in [6.45, 7) is 2.00. The largest absolute Gasteiger partial charge is 0.373 e. The van der Waals surface area contributed by atoms with Crippen LogP contribution in [0.3, 0.4) is 0 Å². The second-order valence-corrected chi connectivity index (χ2v) is 0.0833. The van der Waals surface area contributed by atoms with Crippen LogP contribution in [0.15, 0.2) is 0 Å². The van der Waals surface area contributed by atoms with Gasteiger partial charge in [-0.2, -0.15) is 23.1 Å². The molecule has 0 saturated carbocycles. The van der Waals surface area contributed by atoms with E-state index in [4.69, 9.17) is 14.4 Å². The fourth-order valence-corrected chi connectivity index (χ4v) is 0. The van der Waals surface area contributed by atoms with E-state index in [1.165, 1.54) is 0 Å². The second-order valence-electron chi connectivity index (χ2n) is 0.0833. The van der Waals surface area contributed by atoms with Crippen LogP contribution in [0.5, 0.6) is 0 Å². The van der Waals surface area contributed by atoms with Crippen LogP contribution in [0.1, 0.15) is 0 Å². The molecule has 0 bridgehead atoms. The highest BCUT2D eigenvalue weighted by Crippen LogP contribution is 0.787. The van der Waals surface area contributed by atoms with E-state index in [0.717, 1.165) is 0 Å². The van der Waals surface area contributed by atoms with Gasteiger partial charge in [0, 0.05) is 0 Å². The summed E-state index contributed by atoms with van der Waals surface area (Å²) >= 11 is 0. The molecule has 0 aliphatic carbocycles. The van der Waals surface area contributed by atoms with Gasteiger partial charge in [-0.1, -0.05) is 0 Å². The van der Waals surface area contributed by atoms with E-state index in [1.54, 1.807) is 0 Å². The van der Waals surface area contributed by atoms with Crippen LogP contribution in [-0.2, 0) is 14.4 Å². The molecule has 0 aromatic rings. The molecule has 0 aliphatic heterocycles. The minimum Gasteiger partial charge on any atom is -0.307 e. The maximum absolute atomic E-state index is 8.12. The summed E-state index contributed by atoms with van der Waals surface area (Å²) in [5.74, 6) is 0. The van der Waals surface area contributed by atoms with Gasteiger partial charge in [-0.25, -0.2) is 0 Å². The zero-order valence-corrected chi connectivity index (χ0v) is 3.93. The third-order valence-electron chi connectivity index (χ3n) is 0. The van der Waals surface area contributed by atoms with Gasteiger partial charge in [-0.05, 0) is 0 Å². The molecular formula is C2H4O3S. The second kappa shape index (κ2) is 318. The topological polar surface area (TPSA) is 51.2 Å². The van der Waals surface area contributed by atoms with Crippen LogP contribution >= 0.6 is 13.5 Å². The quantitative estimate of drug-likeness (QED) is 0.414. The normalized spacial score (nSPS) is 2.00. The minimum atomic E-state index is 0. The van der Waals surface area contributed by atoms with Gasteiger partial charge < -0.3 is 4.79 Å². The van der Waals surface area contributed by atoms with Crippen molar-refractivity contribution in [3.05, 3.63) is 0 Å². The lowest BCUT2D eigenvalue weighted by Crippen LogP contribution is -1.22. The molecule has 0 fully saturated rings. The van der Waals surface area contributed by atoms with Gasteiger partial charge in [0.25, 0.3) is 0 Å². The molecule has 0 aromatic heterocycles. The van der Waals surface area contributed by atoms with Crippen molar-refractivity contribution in [1.29, 1.82) is 0 Å². The van der Waals surface area contributed by atoms with Crippen molar-refractivity contribution in [1.82, 2.24) is 0 Å². The SMILES string of the molecule is C=O.O=C=O.S. The molecule has 0 saturated heterocycles. The molecule has 0 radical (unpaired) electrons. The predicted molar refractivity (Wildman–Crippen MR) is 22.5 cm³/mol. The Kier molecular flexibility index (Phi) is 962. The van der Waals surface area contributed by atoms with Gasteiger partial charge in [0.15, 0.2) is 0 Å². The predicted octanol–water partition coefficient (Wildman–Crippen LogP) is -0.656. The van der Waals surface area contributed by atoms with E-state index in [1.807, 2.05) is 6.79 Å². The van der Waals surface area contributed by atoms with Gasteiger partial charge in [0.05, 0.1) is 0 Å². The Bertz CT molecular complexity index is 38.1. The fourth-order valence-electron chi connectivity index (χ4n) is 0. The summed E-state index contributed by atoms with van der Waals surface area (Å²) in [4.78, 5) is 24.2. The van der Waals surface area contributed by atoms with Crippen molar-refractivity contribution in [2.45, 2.75) is 0 Å². The maximum Gasteiger partial charge on any atom is 0.373 e. The Morgan fingerprint density at radius 1 is 1.17 bits per heavy atom. The van der Waals surface area contributed by atoms with Crippen LogP contribution in [0.4, 0.5) is 0 Å². The standard InChI is InChI=1S/CO2.CH2O.H2S/c2-1-3;1-2;/h;1H2;1H2. The molecule has 4 heteroatoms. The third-order valence-corrected chi connectivity index (χ3v) is 0. The Morgan fingerprint density at radius 2 is 1.17 bits per heavy atom. The molecule has 0 spiro atoms. The highest BCUT2D eigenvalue weighted by atomic mass is 32.1. The van der Waals surface area contributed by atoms with E-state index in [2.05, 4.69) is 0 Å². The van der Waals surface area contributed by atoms with Crippen molar-refractivity contribution >= 4 is 26.4 Å². The van der Waals surface area contributed by atoms with Gasteiger partial charge in [0.1, 0.15) is 6.79 Å². The molecule has 6 heavy (non-hydrogen) atoms. The molecule has 0 N–H and O–H groups in total. The Morgan fingerprint density at radius 3 is 1.17 bits per heavy atom. The first-order chi connectivity index (χ1) is 2.41. The first-order valence-corrected chi connectivity index (χ1v) is 0.697. The number of carbonyl (C=O) groups is 1. The van der Waals surface area contributed by atoms with Crippen LogP contribution in [-0.4, -0.2) is 12.9 Å². The monoisotopic (exact) mass is 108 g/mol. The molecule has 3 nitrogen and oxygen atoms in total. The zero-order valence-electron chi connectivity index (χ0n) is 2.93. The average molecular weight is 108 g/mol. The van der Waals surface area contributed by atoms with E-state index in [0.29, 0.717) is 0 Å². The molecule has 0 aliphatic rings. The highest BCUT2D eigenvalue weighted by molar-refractivity contribution is 7.59. The molecule has 0 unspecified atom stereocenters. The Hall–Kier alpha value is -0.600. The Labute approximate surface area is 41.8 Å². The summed E-state index contributed by atoms with van der Waals surface area (Å²) in [5.41, 5.74) is 0. The van der Waals surface area contributed by atoms with E-state index in [9.17, 15) is 0 Å². The van der Waals surface area contributed by atoms with Crippen LogP contribution in [0.2, 0.25) is 0 Å². The maximum atomic E-state index is 8.12. The van der Waals surface area contributed by atoms with Crippen molar-refractivity contribution in [3.8, 4) is 0 Å². The molecule has 0 aromatic carbocycles. The van der Waals surface area contributed by atoms with E-state index >= 15 is 0 Å². The smallest absolute Gasteiger partial charge is 0.307 e. The number of hydrogen-bond acceptors (Lipinski definition) is 3. The third kappa shape index (κ3) is 54.4. The lowest BCUT2D eigenvalue weighted by atomic mass is 11.8. The number of rotatable bonds is 0. The van der Waals surface area contributed by atoms with Crippen molar-refractivity contribution < 1.29 is 14.4 Å². The number of hydrogen-bond donors (Lipinski definition) is 0. The average Bonchev–Trinajstić information content (AvgIpc) is 1.46. The fraction of sp³-hybridized carbons (Fsp3) is 0. The first-order valence-electron chi connectivity index (χ1n) is 0.697. The summed E-state index contributed by atoms with van der Waals surface area (Å²) < 4.78 is 0. The Balaban J connectivity index is -0.0000000275. The first kappa shape index (κ1) is 18.2. The summed E-state index contributed by atoms with van der Waals surface area (Å²) in [7, 11) is 0. The molecule has 36 valence electrons.